The molecule has 0 saturated heterocycles. The molecule has 0 aliphatic heterocycles. The normalized spacial score (nSPS) is 15.6. The zero-order chi connectivity index (χ0) is 15.1. The molecule has 2 rings (SSSR count). The number of carbonyl (C=O) groups excluding carboxylic acids is 2. The average molecular weight is 344 g/mol. The van der Waals surface area contributed by atoms with Crippen LogP contribution in [0.3, 0.4) is 0 Å². The fourth-order valence-electron chi connectivity index (χ4n) is 2.65. The van der Waals surface area contributed by atoms with Gasteiger partial charge in [-0.2, -0.15) is 0 Å². The van der Waals surface area contributed by atoms with Crippen molar-refractivity contribution in [1.82, 2.24) is 4.98 Å². The second-order valence-electron chi connectivity index (χ2n) is 4.77. The Labute approximate surface area is 123 Å². The number of aromatic amines is 1. The summed E-state index contributed by atoms with van der Waals surface area (Å²) < 4.78 is 9.86. The Balaban J connectivity index is 2.62. The monoisotopic (exact) mass is 343 g/mol. The van der Waals surface area contributed by atoms with E-state index in [0.29, 0.717) is 15.7 Å². The summed E-state index contributed by atoms with van der Waals surface area (Å²) in [5.41, 5.74) is 0.366. The number of aromatic nitrogens is 1. The molecular formula is C13H14BrNO5. The van der Waals surface area contributed by atoms with Crippen molar-refractivity contribution in [2.24, 2.45) is 5.41 Å². The molecule has 20 heavy (non-hydrogen) atoms. The molecule has 0 fully saturated rings. The number of nitrogens with one attached hydrogen (secondary N) is 1. The van der Waals surface area contributed by atoms with Crippen LogP contribution in [0.5, 0.6) is 0 Å². The minimum atomic E-state index is -1.42. The number of esters is 2. The van der Waals surface area contributed by atoms with Crippen LogP contribution in [-0.2, 0) is 31.9 Å². The highest BCUT2D eigenvalue weighted by Crippen LogP contribution is 2.41. The lowest BCUT2D eigenvalue weighted by atomic mass is 9.84. The Hall–Kier alpha value is -1.63. The van der Waals surface area contributed by atoms with Crippen molar-refractivity contribution in [3.8, 4) is 0 Å². The Morgan fingerprint density at radius 2 is 1.65 bits per heavy atom. The molecule has 1 aliphatic rings. The molecule has 1 N–H and O–H groups in total. The molecule has 0 radical (unpaired) electrons. The van der Waals surface area contributed by atoms with Gasteiger partial charge in [-0.15, -0.1) is 0 Å². The molecule has 0 saturated carbocycles. The summed E-state index contributed by atoms with van der Waals surface area (Å²) in [6.07, 6.45) is 0.246. The van der Waals surface area contributed by atoms with Gasteiger partial charge in [-0.1, -0.05) is 0 Å². The first kappa shape index (κ1) is 14.8. The summed E-state index contributed by atoms with van der Waals surface area (Å²) in [6.45, 7) is 1.73. The van der Waals surface area contributed by atoms with E-state index in [1.165, 1.54) is 14.2 Å². The summed E-state index contributed by atoms with van der Waals surface area (Å²) in [5, 5.41) is 0. The summed E-state index contributed by atoms with van der Waals surface area (Å²) in [7, 11) is 2.45. The zero-order valence-electron chi connectivity index (χ0n) is 11.3. The molecule has 1 aromatic heterocycles. The SMILES string of the molecule is COC(=O)C1(C(=O)OC)Cc2c(C)[nH]c(=O)c(Br)c2C1. The predicted molar refractivity (Wildman–Crippen MR) is 73.4 cm³/mol. The van der Waals surface area contributed by atoms with Gasteiger partial charge in [0.1, 0.15) is 0 Å². The molecule has 0 bridgehead atoms. The lowest BCUT2D eigenvalue weighted by molar-refractivity contribution is -0.168. The van der Waals surface area contributed by atoms with Crippen LogP contribution in [0.1, 0.15) is 16.8 Å². The topological polar surface area (TPSA) is 85.5 Å². The van der Waals surface area contributed by atoms with Crippen molar-refractivity contribution in [2.45, 2.75) is 19.8 Å². The van der Waals surface area contributed by atoms with Crippen molar-refractivity contribution >= 4 is 27.9 Å². The molecule has 1 aromatic rings. The van der Waals surface area contributed by atoms with Gasteiger partial charge in [0.25, 0.3) is 5.56 Å². The molecule has 6 nitrogen and oxygen atoms in total. The number of halogens is 1. The van der Waals surface area contributed by atoms with E-state index in [9.17, 15) is 14.4 Å². The van der Waals surface area contributed by atoms with E-state index in [0.717, 1.165) is 5.56 Å². The summed E-state index contributed by atoms with van der Waals surface area (Å²) in [6, 6.07) is 0. The number of methoxy groups -OCH3 is 2. The van der Waals surface area contributed by atoms with Crippen molar-refractivity contribution in [3.05, 3.63) is 31.6 Å². The minimum absolute atomic E-state index is 0.0903. The molecule has 0 atom stereocenters. The van der Waals surface area contributed by atoms with Gasteiger partial charge in [0.05, 0.1) is 18.7 Å². The summed E-state index contributed by atoms with van der Waals surface area (Å²) in [4.78, 5) is 38.6. The summed E-state index contributed by atoms with van der Waals surface area (Å²) in [5.74, 6) is -1.31. The quantitative estimate of drug-likeness (QED) is 0.636. The van der Waals surface area contributed by atoms with Crippen LogP contribution in [0.25, 0.3) is 0 Å². The number of hydrogen-bond donors (Lipinski definition) is 1. The lowest BCUT2D eigenvalue weighted by Gasteiger charge is -2.22. The van der Waals surface area contributed by atoms with Gasteiger partial charge in [0, 0.05) is 18.5 Å². The van der Waals surface area contributed by atoms with Gasteiger partial charge >= 0.3 is 11.9 Å². The van der Waals surface area contributed by atoms with Crippen LogP contribution in [0.4, 0.5) is 0 Å². The number of H-pyrrole nitrogens is 1. The highest BCUT2D eigenvalue weighted by atomic mass is 79.9. The maximum atomic E-state index is 12.1. The van der Waals surface area contributed by atoms with Gasteiger partial charge in [0.2, 0.25) is 0 Å². The number of fused-ring (bicyclic) bond motifs is 1. The first-order valence-electron chi connectivity index (χ1n) is 5.94. The maximum absolute atomic E-state index is 12.1. The van der Waals surface area contributed by atoms with Crippen LogP contribution in [-0.4, -0.2) is 31.1 Å². The molecule has 0 aromatic carbocycles. The maximum Gasteiger partial charge on any atom is 0.323 e. The Morgan fingerprint density at radius 1 is 1.15 bits per heavy atom. The van der Waals surface area contributed by atoms with Crippen LogP contribution >= 0.6 is 15.9 Å². The van der Waals surface area contributed by atoms with E-state index in [4.69, 9.17) is 9.47 Å². The second-order valence-corrected chi connectivity index (χ2v) is 5.56. The standard InChI is InChI=1S/C13H14BrNO5/c1-6-7-4-13(11(17)19-2,12(18)20-3)5-8(7)9(14)10(16)15-6/h4-5H2,1-3H3,(H,15,16). The third-order valence-electron chi connectivity index (χ3n) is 3.69. The number of rotatable bonds is 2. The Kier molecular flexibility index (Phi) is 3.73. The highest BCUT2D eigenvalue weighted by molar-refractivity contribution is 9.10. The number of hydrogen-bond acceptors (Lipinski definition) is 5. The fourth-order valence-corrected chi connectivity index (χ4v) is 3.13. The molecular weight excluding hydrogens is 330 g/mol. The largest absolute Gasteiger partial charge is 0.468 e. The lowest BCUT2D eigenvalue weighted by Crippen LogP contribution is -2.42. The highest BCUT2D eigenvalue weighted by Gasteiger charge is 2.53. The first-order chi connectivity index (χ1) is 9.37. The molecule has 0 spiro atoms. The Bertz CT molecular complexity index is 633. The van der Waals surface area contributed by atoms with Crippen molar-refractivity contribution in [3.63, 3.8) is 0 Å². The van der Waals surface area contributed by atoms with E-state index < -0.39 is 17.4 Å². The van der Waals surface area contributed by atoms with Crippen molar-refractivity contribution < 1.29 is 19.1 Å². The van der Waals surface area contributed by atoms with Crippen LogP contribution in [0.15, 0.2) is 9.27 Å². The van der Waals surface area contributed by atoms with Gasteiger partial charge in [-0.25, -0.2) is 0 Å². The third-order valence-corrected chi connectivity index (χ3v) is 4.53. The van der Waals surface area contributed by atoms with Crippen molar-refractivity contribution in [2.75, 3.05) is 14.2 Å². The summed E-state index contributed by atoms with van der Waals surface area (Å²) >= 11 is 3.21. The van der Waals surface area contributed by atoms with E-state index in [1.54, 1.807) is 6.92 Å². The number of aryl methyl sites for hydroxylation is 1. The van der Waals surface area contributed by atoms with Crippen LogP contribution in [0.2, 0.25) is 0 Å². The third kappa shape index (κ3) is 1.96. The van der Waals surface area contributed by atoms with Crippen molar-refractivity contribution in [1.29, 1.82) is 0 Å². The second kappa shape index (κ2) is 5.05. The van der Waals surface area contributed by atoms with E-state index >= 15 is 0 Å². The van der Waals surface area contributed by atoms with E-state index in [2.05, 4.69) is 20.9 Å². The van der Waals surface area contributed by atoms with Gasteiger partial charge in [-0.3, -0.25) is 14.4 Å². The fraction of sp³-hybridized carbons (Fsp3) is 0.462. The van der Waals surface area contributed by atoms with Gasteiger partial charge < -0.3 is 14.5 Å². The first-order valence-corrected chi connectivity index (χ1v) is 6.73. The smallest absolute Gasteiger partial charge is 0.323 e. The number of pyridine rings is 1. The minimum Gasteiger partial charge on any atom is -0.468 e. The van der Waals surface area contributed by atoms with E-state index in [1.807, 2.05) is 0 Å². The molecule has 0 amide bonds. The van der Waals surface area contributed by atoms with Gasteiger partial charge in [-0.05, 0) is 34.0 Å². The number of carbonyl (C=O) groups is 2. The van der Waals surface area contributed by atoms with E-state index in [-0.39, 0.29) is 18.4 Å². The van der Waals surface area contributed by atoms with Crippen LogP contribution in [0, 0.1) is 12.3 Å². The zero-order valence-corrected chi connectivity index (χ0v) is 12.9. The molecule has 1 heterocycles. The average Bonchev–Trinajstić information content (AvgIpc) is 2.85. The Morgan fingerprint density at radius 3 is 2.15 bits per heavy atom. The van der Waals surface area contributed by atoms with Crippen LogP contribution < -0.4 is 5.56 Å². The molecule has 108 valence electrons. The number of ether oxygens (including phenoxy) is 2. The molecule has 7 heteroatoms. The van der Waals surface area contributed by atoms with Gasteiger partial charge in [0.15, 0.2) is 5.41 Å². The molecule has 0 unspecified atom stereocenters. The predicted octanol–water partition coefficient (Wildman–Crippen LogP) is 0.877. The molecule has 1 aliphatic carbocycles.